The molecular formula is C19H13F3N4O2. The van der Waals surface area contributed by atoms with Crippen molar-refractivity contribution in [2.45, 2.75) is 13.3 Å². The number of hydrogen-bond donors (Lipinski definition) is 1. The predicted molar refractivity (Wildman–Crippen MR) is 93.9 cm³/mol. The number of anilines is 1. The Morgan fingerprint density at radius 3 is 2.71 bits per heavy atom. The van der Waals surface area contributed by atoms with Crippen LogP contribution in [-0.2, 0) is 4.84 Å². The molecule has 9 heteroatoms. The van der Waals surface area contributed by atoms with E-state index in [0.29, 0.717) is 18.0 Å². The Hall–Kier alpha value is -3.51. The Kier molecular flexibility index (Phi) is 5.52. The van der Waals surface area contributed by atoms with Crippen molar-refractivity contribution in [3.05, 3.63) is 64.7 Å². The lowest BCUT2D eigenvalue weighted by Crippen LogP contribution is -2.13. The summed E-state index contributed by atoms with van der Waals surface area (Å²) in [4.78, 5) is 25.6. The van der Waals surface area contributed by atoms with E-state index < -0.39 is 34.5 Å². The summed E-state index contributed by atoms with van der Waals surface area (Å²) in [7, 11) is 0. The Morgan fingerprint density at radius 1 is 1.21 bits per heavy atom. The maximum atomic E-state index is 14.7. The molecule has 0 atom stereocenters. The molecule has 28 heavy (non-hydrogen) atoms. The van der Waals surface area contributed by atoms with Crippen molar-refractivity contribution in [3.63, 3.8) is 0 Å². The fourth-order valence-corrected chi connectivity index (χ4v) is 2.46. The number of nitrogens with zero attached hydrogens (tertiary/aromatic N) is 3. The molecule has 1 heterocycles. The van der Waals surface area contributed by atoms with Crippen molar-refractivity contribution >= 4 is 22.5 Å². The van der Waals surface area contributed by atoms with Crippen molar-refractivity contribution in [2.75, 3.05) is 12.1 Å². The number of benzene rings is 2. The maximum absolute atomic E-state index is 14.7. The number of fused-ring (bicyclic) bond motifs is 1. The third-order valence-corrected chi connectivity index (χ3v) is 3.79. The van der Waals surface area contributed by atoms with Crippen molar-refractivity contribution in [1.82, 2.24) is 9.97 Å². The smallest absolute Gasteiger partial charge is 0.199 e. The summed E-state index contributed by atoms with van der Waals surface area (Å²) in [5, 5.41) is 8.90. The van der Waals surface area contributed by atoms with Crippen LogP contribution in [0.15, 0.2) is 30.5 Å². The number of ketones is 1. The van der Waals surface area contributed by atoms with Crippen molar-refractivity contribution in [1.29, 1.82) is 5.26 Å². The fraction of sp³-hybridized carbons (Fsp3) is 0.158. The molecule has 142 valence electrons. The quantitative estimate of drug-likeness (QED) is 0.299. The number of carbonyl (C=O) groups excluding carboxylic acids is 1. The number of hydrogen-bond acceptors (Lipinski definition) is 6. The first-order valence-electron chi connectivity index (χ1n) is 8.23. The molecule has 0 aliphatic rings. The van der Waals surface area contributed by atoms with Crippen LogP contribution in [-0.4, -0.2) is 22.4 Å². The highest BCUT2D eigenvalue weighted by Crippen LogP contribution is 2.27. The second-order valence-electron chi connectivity index (χ2n) is 5.76. The molecule has 0 fully saturated rings. The van der Waals surface area contributed by atoms with Gasteiger partial charge >= 0.3 is 0 Å². The van der Waals surface area contributed by atoms with Crippen LogP contribution >= 0.6 is 0 Å². The molecule has 0 radical (unpaired) electrons. The van der Waals surface area contributed by atoms with Crippen LogP contribution in [0.25, 0.3) is 11.0 Å². The Morgan fingerprint density at radius 2 is 2.00 bits per heavy atom. The maximum Gasteiger partial charge on any atom is 0.199 e. The van der Waals surface area contributed by atoms with E-state index in [-0.39, 0.29) is 23.4 Å². The molecule has 0 amide bonds. The van der Waals surface area contributed by atoms with E-state index in [1.54, 1.807) is 13.0 Å². The van der Waals surface area contributed by atoms with Crippen molar-refractivity contribution < 1.29 is 22.8 Å². The van der Waals surface area contributed by atoms with Gasteiger partial charge in [-0.2, -0.15) is 5.26 Å². The minimum atomic E-state index is -1.61. The topological polar surface area (TPSA) is 87.9 Å². The number of carbonyl (C=O) groups is 1. The number of nitriles is 1. The number of aromatic nitrogens is 2. The second-order valence-corrected chi connectivity index (χ2v) is 5.76. The van der Waals surface area contributed by atoms with Gasteiger partial charge in [0.25, 0.3) is 0 Å². The lowest BCUT2D eigenvalue weighted by molar-refractivity contribution is 0.103. The molecule has 0 spiro atoms. The van der Waals surface area contributed by atoms with Gasteiger partial charge in [0.2, 0.25) is 0 Å². The van der Waals surface area contributed by atoms with Gasteiger partial charge in [-0.1, -0.05) is 6.92 Å². The van der Waals surface area contributed by atoms with E-state index in [2.05, 4.69) is 15.4 Å². The van der Waals surface area contributed by atoms with Crippen LogP contribution in [0.2, 0.25) is 0 Å². The minimum absolute atomic E-state index is 0.0137. The summed E-state index contributed by atoms with van der Waals surface area (Å²) in [6, 6.07) is 6.31. The summed E-state index contributed by atoms with van der Waals surface area (Å²) in [5.41, 5.74) is 1.06. The molecule has 0 aliphatic heterocycles. The van der Waals surface area contributed by atoms with Gasteiger partial charge in [-0.05, 0) is 24.6 Å². The van der Waals surface area contributed by atoms with Crippen molar-refractivity contribution in [3.8, 4) is 6.07 Å². The summed E-state index contributed by atoms with van der Waals surface area (Å²) in [6.07, 6.45) is 1.86. The molecule has 0 saturated heterocycles. The van der Waals surface area contributed by atoms with E-state index in [0.717, 1.165) is 0 Å². The SMILES string of the molecule is CCCONc1cc(F)c(F)c(C(=O)c2ccc3ncc(C#N)nc3c2)c1F. The summed E-state index contributed by atoms with van der Waals surface area (Å²) in [6.45, 7) is 2.00. The van der Waals surface area contributed by atoms with Gasteiger partial charge < -0.3 is 0 Å². The van der Waals surface area contributed by atoms with E-state index in [9.17, 15) is 18.0 Å². The third-order valence-electron chi connectivity index (χ3n) is 3.79. The lowest BCUT2D eigenvalue weighted by atomic mass is 10.0. The summed E-state index contributed by atoms with van der Waals surface area (Å²) < 4.78 is 42.8. The normalized spacial score (nSPS) is 10.7. The molecule has 0 unspecified atom stereocenters. The summed E-state index contributed by atoms with van der Waals surface area (Å²) in [5.74, 6) is -5.38. The first kappa shape index (κ1) is 19.3. The van der Waals surface area contributed by atoms with Crippen LogP contribution in [0.5, 0.6) is 0 Å². The molecular weight excluding hydrogens is 373 g/mol. The molecule has 0 bridgehead atoms. The van der Waals surface area contributed by atoms with E-state index in [1.165, 1.54) is 24.4 Å². The Bertz CT molecular complexity index is 1110. The van der Waals surface area contributed by atoms with Gasteiger partial charge in [0.15, 0.2) is 28.9 Å². The molecule has 0 aliphatic carbocycles. The van der Waals surface area contributed by atoms with Crippen molar-refractivity contribution in [2.24, 2.45) is 0 Å². The molecule has 6 nitrogen and oxygen atoms in total. The van der Waals surface area contributed by atoms with Crippen LogP contribution in [0.3, 0.4) is 0 Å². The number of nitrogens with one attached hydrogen (secondary N) is 1. The van der Waals surface area contributed by atoms with Crippen LogP contribution < -0.4 is 5.48 Å². The highest BCUT2D eigenvalue weighted by Gasteiger charge is 2.26. The molecule has 0 saturated carbocycles. The van der Waals surface area contributed by atoms with Gasteiger partial charge in [0, 0.05) is 11.6 Å². The zero-order valence-electron chi connectivity index (χ0n) is 14.6. The lowest BCUT2D eigenvalue weighted by Gasteiger charge is -2.12. The van der Waals surface area contributed by atoms with E-state index in [4.69, 9.17) is 10.1 Å². The van der Waals surface area contributed by atoms with Gasteiger partial charge in [-0.25, -0.2) is 18.2 Å². The van der Waals surface area contributed by atoms with Crippen LogP contribution in [0, 0.1) is 28.8 Å². The third kappa shape index (κ3) is 3.63. The molecule has 1 aromatic heterocycles. The Balaban J connectivity index is 2.06. The highest BCUT2D eigenvalue weighted by molar-refractivity contribution is 6.11. The predicted octanol–water partition coefficient (Wildman–Crippen LogP) is 3.90. The van der Waals surface area contributed by atoms with Crippen LogP contribution in [0.4, 0.5) is 18.9 Å². The molecule has 2 aromatic carbocycles. The van der Waals surface area contributed by atoms with Gasteiger partial charge in [-0.3, -0.25) is 20.1 Å². The van der Waals surface area contributed by atoms with Gasteiger partial charge in [0.05, 0.1) is 29.4 Å². The second kappa shape index (κ2) is 8.02. The molecule has 1 N–H and O–H groups in total. The fourth-order valence-electron chi connectivity index (χ4n) is 2.46. The summed E-state index contributed by atoms with van der Waals surface area (Å²) >= 11 is 0. The number of halogens is 3. The largest absolute Gasteiger partial charge is 0.288 e. The first-order chi connectivity index (χ1) is 13.5. The minimum Gasteiger partial charge on any atom is -0.288 e. The van der Waals surface area contributed by atoms with Crippen LogP contribution in [0.1, 0.15) is 35.0 Å². The Labute approximate surface area is 157 Å². The zero-order chi connectivity index (χ0) is 20.3. The standard InChI is InChI=1S/C19H13F3N4O2/c1-2-5-28-26-15-7-12(20)17(21)16(18(15)22)19(27)10-3-4-13-14(6-10)25-11(8-23)9-24-13/h3-4,6-7,9,26H,2,5H2,1H3. The zero-order valence-corrected chi connectivity index (χ0v) is 14.6. The molecule has 3 aromatic rings. The highest BCUT2D eigenvalue weighted by atomic mass is 19.2. The van der Waals surface area contributed by atoms with E-state index >= 15 is 0 Å². The van der Waals surface area contributed by atoms with Gasteiger partial charge in [0.1, 0.15) is 11.8 Å². The average molecular weight is 386 g/mol. The van der Waals surface area contributed by atoms with E-state index in [1.807, 2.05) is 0 Å². The van der Waals surface area contributed by atoms with Gasteiger partial charge in [-0.15, -0.1) is 0 Å². The first-order valence-corrected chi connectivity index (χ1v) is 8.23. The average Bonchev–Trinajstić information content (AvgIpc) is 2.71. The molecule has 3 rings (SSSR count). The number of rotatable bonds is 6. The monoisotopic (exact) mass is 386 g/mol.